The summed E-state index contributed by atoms with van der Waals surface area (Å²) < 4.78 is 11.2. The van der Waals surface area contributed by atoms with Crippen LogP contribution in [0.2, 0.25) is 0 Å². The van der Waals surface area contributed by atoms with Gasteiger partial charge in [0.2, 0.25) is 5.91 Å². The third-order valence-electron chi connectivity index (χ3n) is 5.72. The number of H-pyrrole nitrogens is 1. The number of nitrogens with zero attached hydrogens (tertiary/aromatic N) is 2. The topological polar surface area (TPSA) is 79.5 Å². The third-order valence-corrected chi connectivity index (χ3v) is 6.76. The Balaban J connectivity index is 1.53. The molecule has 2 aromatic carbocycles. The second-order valence-electron chi connectivity index (χ2n) is 8.45. The van der Waals surface area contributed by atoms with Gasteiger partial charge in [-0.3, -0.25) is 9.89 Å². The minimum Gasteiger partial charge on any atom is -0.497 e. The molecule has 1 amide bonds. The van der Waals surface area contributed by atoms with Crippen LogP contribution >= 0.6 is 11.8 Å². The van der Waals surface area contributed by atoms with Crippen LogP contribution in [0.5, 0.6) is 11.5 Å². The van der Waals surface area contributed by atoms with Gasteiger partial charge < -0.3 is 19.7 Å². The first-order chi connectivity index (χ1) is 15.9. The lowest BCUT2D eigenvalue weighted by molar-refractivity contribution is -0.121. The molecule has 2 heterocycles. The summed E-state index contributed by atoms with van der Waals surface area (Å²) in [7, 11) is 5.76. The standard InChI is InChI=1S/C25H30N4O3S/c1-16-21(14-26-28-16)17-5-7-22(24(13-17)33-10-9-29(2)3)27-25(30)19-11-18-12-20(31-4)6-8-23(18)32-15-19/h5-8,12-14,19H,9-11,15H2,1-4H3,(H,26,28)(H,27,30)/t19-/m1/s1. The van der Waals surface area contributed by atoms with Crippen molar-refractivity contribution in [2.45, 2.75) is 18.2 Å². The van der Waals surface area contributed by atoms with E-state index in [4.69, 9.17) is 9.47 Å². The number of aromatic nitrogens is 2. The Kier molecular flexibility index (Phi) is 7.25. The number of nitrogens with one attached hydrogen (secondary N) is 2. The number of benzene rings is 2. The van der Waals surface area contributed by atoms with Gasteiger partial charge in [0.1, 0.15) is 18.1 Å². The van der Waals surface area contributed by atoms with Crippen LogP contribution in [0, 0.1) is 12.8 Å². The molecule has 1 aliphatic heterocycles. The van der Waals surface area contributed by atoms with E-state index in [0.29, 0.717) is 13.0 Å². The number of hydrogen-bond donors (Lipinski definition) is 2. The highest BCUT2D eigenvalue weighted by molar-refractivity contribution is 7.99. The Morgan fingerprint density at radius 2 is 2.15 bits per heavy atom. The Hall–Kier alpha value is -2.97. The molecule has 0 unspecified atom stereocenters. The van der Waals surface area contributed by atoms with Crippen LogP contribution in [0.15, 0.2) is 47.5 Å². The van der Waals surface area contributed by atoms with Crippen molar-refractivity contribution < 1.29 is 14.3 Å². The predicted octanol–water partition coefficient (Wildman–Crippen LogP) is 4.24. The van der Waals surface area contributed by atoms with E-state index in [1.54, 1.807) is 18.9 Å². The average Bonchev–Trinajstić information content (AvgIpc) is 3.24. The van der Waals surface area contributed by atoms with Gasteiger partial charge in [-0.05, 0) is 68.9 Å². The molecule has 8 heteroatoms. The lowest BCUT2D eigenvalue weighted by Crippen LogP contribution is -2.32. The molecule has 3 aromatic rings. The van der Waals surface area contributed by atoms with Crippen LogP contribution in [0.25, 0.3) is 11.1 Å². The van der Waals surface area contributed by atoms with E-state index >= 15 is 0 Å². The Bertz CT molecular complexity index is 1130. The predicted molar refractivity (Wildman–Crippen MR) is 132 cm³/mol. The maximum Gasteiger partial charge on any atom is 0.231 e. The van der Waals surface area contributed by atoms with Crippen LogP contribution in [0.1, 0.15) is 11.3 Å². The second-order valence-corrected chi connectivity index (χ2v) is 9.58. The number of fused-ring (bicyclic) bond motifs is 1. The monoisotopic (exact) mass is 466 g/mol. The highest BCUT2D eigenvalue weighted by Gasteiger charge is 2.27. The zero-order valence-corrected chi connectivity index (χ0v) is 20.3. The van der Waals surface area contributed by atoms with Crippen LogP contribution in [-0.2, 0) is 11.2 Å². The Morgan fingerprint density at radius 3 is 2.88 bits per heavy atom. The van der Waals surface area contributed by atoms with E-state index in [2.05, 4.69) is 40.6 Å². The number of hydrogen-bond acceptors (Lipinski definition) is 6. The quantitative estimate of drug-likeness (QED) is 0.484. The van der Waals surface area contributed by atoms with E-state index in [0.717, 1.165) is 56.8 Å². The van der Waals surface area contributed by atoms with Crippen LogP contribution in [0.3, 0.4) is 0 Å². The van der Waals surface area contributed by atoms with Gasteiger partial charge >= 0.3 is 0 Å². The van der Waals surface area contributed by atoms with Crippen LogP contribution in [-0.4, -0.2) is 61.1 Å². The third kappa shape index (κ3) is 5.51. The average molecular weight is 467 g/mol. The maximum atomic E-state index is 13.2. The molecule has 4 rings (SSSR count). The smallest absolute Gasteiger partial charge is 0.231 e. The zero-order chi connectivity index (χ0) is 23.4. The number of carbonyl (C=O) groups is 1. The molecule has 1 atom stereocenters. The van der Waals surface area contributed by atoms with E-state index in [1.165, 1.54) is 0 Å². The highest BCUT2D eigenvalue weighted by Crippen LogP contribution is 2.35. The van der Waals surface area contributed by atoms with Gasteiger partial charge in [0.05, 0.1) is 24.9 Å². The molecule has 1 aromatic heterocycles. The number of amides is 1. The number of rotatable bonds is 8. The molecule has 174 valence electrons. The molecule has 7 nitrogen and oxygen atoms in total. The van der Waals surface area contributed by atoms with Crippen LogP contribution < -0.4 is 14.8 Å². The molecule has 0 aliphatic carbocycles. The van der Waals surface area contributed by atoms with Gasteiger partial charge in [0, 0.05) is 28.5 Å². The Labute approximate surface area is 198 Å². The molecule has 33 heavy (non-hydrogen) atoms. The summed E-state index contributed by atoms with van der Waals surface area (Å²) >= 11 is 1.74. The number of methoxy groups -OCH3 is 1. The SMILES string of the molecule is COc1ccc2c(c1)C[C@@H](C(=O)Nc1ccc(-c3cn[nH]c3C)cc1SCCN(C)C)CO2. The van der Waals surface area contributed by atoms with Gasteiger partial charge in [0.15, 0.2) is 0 Å². The first-order valence-electron chi connectivity index (χ1n) is 11.0. The van der Waals surface area contributed by atoms with Crippen molar-refractivity contribution >= 4 is 23.4 Å². The fourth-order valence-corrected chi connectivity index (χ4v) is 4.95. The summed E-state index contributed by atoms with van der Waals surface area (Å²) in [5.74, 6) is 2.21. The van der Waals surface area contributed by atoms with E-state index in [9.17, 15) is 4.79 Å². The number of thioether (sulfide) groups is 1. The summed E-state index contributed by atoms with van der Waals surface area (Å²) in [6.45, 7) is 3.31. The van der Waals surface area contributed by atoms with Crippen molar-refractivity contribution in [2.75, 3.05) is 45.4 Å². The highest BCUT2D eigenvalue weighted by atomic mass is 32.2. The fourth-order valence-electron chi connectivity index (χ4n) is 3.79. The normalized spacial score (nSPS) is 15.1. The number of aromatic amines is 1. The first kappa shape index (κ1) is 23.2. The van der Waals surface area contributed by atoms with Crippen molar-refractivity contribution in [1.29, 1.82) is 0 Å². The minimum absolute atomic E-state index is 0.0369. The summed E-state index contributed by atoms with van der Waals surface area (Å²) in [5, 5.41) is 10.3. The van der Waals surface area contributed by atoms with Gasteiger partial charge in [0.25, 0.3) is 0 Å². The van der Waals surface area contributed by atoms with Crippen molar-refractivity contribution in [3.05, 3.63) is 53.9 Å². The van der Waals surface area contributed by atoms with Crippen molar-refractivity contribution in [1.82, 2.24) is 15.1 Å². The molecule has 0 radical (unpaired) electrons. The van der Waals surface area contributed by atoms with Gasteiger partial charge in [-0.15, -0.1) is 11.8 Å². The molecule has 0 spiro atoms. The maximum absolute atomic E-state index is 13.2. The first-order valence-corrected chi connectivity index (χ1v) is 12.0. The lowest BCUT2D eigenvalue weighted by Gasteiger charge is -2.25. The fraction of sp³-hybridized carbons (Fsp3) is 0.360. The second kappa shape index (κ2) is 10.3. The summed E-state index contributed by atoms with van der Waals surface area (Å²) in [5.41, 5.74) is 4.98. The molecule has 1 aliphatic rings. The lowest BCUT2D eigenvalue weighted by atomic mass is 9.95. The van der Waals surface area contributed by atoms with E-state index in [1.807, 2.05) is 43.5 Å². The zero-order valence-electron chi connectivity index (χ0n) is 19.5. The van der Waals surface area contributed by atoms with Crippen molar-refractivity contribution in [2.24, 2.45) is 5.92 Å². The molecule has 0 saturated heterocycles. The van der Waals surface area contributed by atoms with Crippen LogP contribution in [0.4, 0.5) is 5.69 Å². The molecule has 2 N–H and O–H groups in total. The van der Waals surface area contributed by atoms with Crippen molar-refractivity contribution in [3.63, 3.8) is 0 Å². The van der Waals surface area contributed by atoms with Gasteiger partial charge in [-0.2, -0.15) is 5.10 Å². The van der Waals surface area contributed by atoms with Gasteiger partial charge in [-0.1, -0.05) is 6.07 Å². The Morgan fingerprint density at radius 1 is 1.30 bits per heavy atom. The molecular formula is C25H30N4O3S. The molecule has 0 bridgehead atoms. The summed E-state index contributed by atoms with van der Waals surface area (Å²) in [6, 6.07) is 11.9. The van der Waals surface area contributed by atoms with E-state index < -0.39 is 0 Å². The minimum atomic E-state index is -0.264. The number of carbonyl (C=O) groups excluding carboxylic acids is 1. The number of aryl methyl sites for hydroxylation is 1. The largest absolute Gasteiger partial charge is 0.497 e. The summed E-state index contributed by atoms with van der Waals surface area (Å²) in [6.07, 6.45) is 2.45. The molecule has 0 saturated carbocycles. The number of anilines is 1. The molecular weight excluding hydrogens is 436 g/mol. The summed E-state index contributed by atoms with van der Waals surface area (Å²) in [4.78, 5) is 16.4. The number of ether oxygens (including phenoxy) is 2. The molecule has 0 fully saturated rings. The van der Waals surface area contributed by atoms with Gasteiger partial charge in [-0.25, -0.2) is 0 Å². The van der Waals surface area contributed by atoms with Crippen molar-refractivity contribution in [3.8, 4) is 22.6 Å². The van der Waals surface area contributed by atoms with E-state index in [-0.39, 0.29) is 11.8 Å².